The average molecular weight is 419 g/mol. The van der Waals surface area contributed by atoms with Crippen molar-refractivity contribution in [1.29, 1.82) is 0 Å². The first-order valence-electron chi connectivity index (χ1n) is 10.2. The third-order valence-corrected chi connectivity index (χ3v) is 6.03. The van der Waals surface area contributed by atoms with Crippen molar-refractivity contribution in [3.63, 3.8) is 0 Å². The maximum Gasteiger partial charge on any atom is 0.225 e. The highest BCUT2D eigenvalue weighted by Crippen LogP contribution is 2.24. The Morgan fingerprint density at radius 3 is 2.93 bits per heavy atom. The van der Waals surface area contributed by atoms with Gasteiger partial charge in [-0.15, -0.1) is 0 Å². The number of aromatic amines is 1. The second-order valence-corrected chi connectivity index (χ2v) is 8.18. The number of fused-ring (bicyclic) bond motifs is 1. The summed E-state index contributed by atoms with van der Waals surface area (Å²) in [6, 6.07) is 5.76. The Bertz CT molecular complexity index is 878. The molecule has 2 aromatic rings. The second-order valence-electron chi connectivity index (χ2n) is 7.74. The lowest BCUT2D eigenvalue weighted by Crippen LogP contribution is -2.42. The number of nitrogens with zero attached hydrogens (tertiary/aromatic N) is 2. The van der Waals surface area contributed by atoms with Crippen molar-refractivity contribution in [2.45, 2.75) is 12.8 Å². The SMILES string of the molecule is O=C(NCCN1CCOCC1)[C@@H]1CC(=O)N(CCc2c[nH]c3ccc(Cl)cc23)C1. The highest BCUT2D eigenvalue weighted by atomic mass is 35.5. The maximum absolute atomic E-state index is 12.5. The second kappa shape index (κ2) is 9.15. The molecule has 156 valence electrons. The Labute approximate surface area is 175 Å². The molecule has 1 aromatic heterocycles. The van der Waals surface area contributed by atoms with Gasteiger partial charge in [0.2, 0.25) is 11.8 Å². The van der Waals surface area contributed by atoms with Crippen LogP contribution in [0.25, 0.3) is 10.9 Å². The van der Waals surface area contributed by atoms with E-state index in [1.54, 1.807) is 4.90 Å². The fraction of sp³-hybridized carbons (Fsp3) is 0.524. The lowest BCUT2D eigenvalue weighted by Gasteiger charge is -2.26. The number of carbonyl (C=O) groups excluding carboxylic acids is 2. The molecule has 8 heteroatoms. The minimum atomic E-state index is -0.260. The predicted octanol–water partition coefficient (Wildman–Crippen LogP) is 1.66. The number of carbonyl (C=O) groups is 2. The van der Waals surface area contributed by atoms with Crippen LogP contribution >= 0.6 is 11.6 Å². The van der Waals surface area contributed by atoms with Crippen LogP contribution in [0, 0.1) is 5.92 Å². The van der Waals surface area contributed by atoms with Gasteiger partial charge in [-0.25, -0.2) is 0 Å². The molecule has 3 heterocycles. The molecule has 2 amide bonds. The molecule has 2 saturated heterocycles. The van der Waals surface area contributed by atoms with E-state index in [0.717, 1.165) is 55.7 Å². The van der Waals surface area contributed by atoms with Gasteiger partial charge in [0.15, 0.2) is 0 Å². The van der Waals surface area contributed by atoms with Gasteiger partial charge in [-0.3, -0.25) is 14.5 Å². The molecule has 2 fully saturated rings. The molecule has 2 N–H and O–H groups in total. The van der Waals surface area contributed by atoms with Gasteiger partial charge in [0.1, 0.15) is 0 Å². The van der Waals surface area contributed by atoms with Crippen LogP contribution < -0.4 is 5.32 Å². The summed E-state index contributed by atoms with van der Waals surface area (Å²) in [5.74, 6) is -0.228. The van der Waals surface area contributed by atoms with Gasteiger partial charge >= 0.3 is 0 Å². The number of H-pyrrole nitrogens is 1. The van der Waals surface area contributed by atoms with E-state index in [4.69, 9.17) is 16.3 Å². The summed E-state index contributed by atoms with van der Waals surface area (Å²) < 4.78 is 5.33. The van der Waals surface area contributed by atoms with E-state index in [0.29, 0.717) is 31.1 Å². The highest BCUT2D eigenvalue weighted by molar-refractivity contribution is 6.31. The van der Waals surface area contributed by atoms with Gasteiger partial charge in [0, 0.05) is 67.8 Å². The molecule has 2 aliphatic rings. The Morgan fingerprint density at radius 2 is 2.10 bits per heavy atom. The van der Waals surface area contributed by atoms with Crippen LogP contribution in [0.5, 0.6) is 0 Å². The number of amides is 2. The van der Waals surface area contributed by atoms with Crippen LogP contribution in [0.1, 0.15) is 12.0 Å². The van der Waals surface area contributed by atoms with Crippen molar-refractivity contribution >= 4 is 34.3 Å². The number of hydrogen-bond acceptors (Lipinski definition) is 4. The van der Waals surface area contributed by atoms with Crippen LogP contribution in [-0.2, 0) is 20.7 Å². The summed E-state index contributed by atoms with van der Waals surface area (Å²) in [6.45, 7) is 5.85. The standard InChI is InChI=1S/C21H27ClN4O3/c22-17-1-2-19-18(12-17)15(13-24-19)3-5-26-14-16(11-20(26)27)21(28)23-4-6-25-7-9-29-10-8-25/h1-2,12-13,16,24H,3-11,14H2,(H,23,28)/t16-/m1/s1. The van der Waals surface area contributed by atoms with Crippen LogP contribution in [0.2, 0.25) is 5.02 Å². The molecule has 0 bridgehead atoms. The smallest absolute Gasteiger partial charge is 0.225 e. The largest absolute Gasteiger partial charge is 0.379 e. The van der Waals surface area contributed by atoms with Crippen molar-refractivity contribution in [3.05, 3.63) is 35.0 Å². The van der Waals surface area contributed by atoms with Gasteiger partial charge in [0.05, 0.1) is 19.1 Å². The monoisotopic (exact) mass is 418 g/mol. The van der Waals surface area contributed by atoms with E-state index in [9.17, 15) is 9.59 Å². The molecule has 0 radical (unpaired) electrons. The molecule has 0 saturated carbocycles. The van der Waals surface area contributed by atoms with Crippen LogP contribution in [0.4, 0.5) is 0 Å². The number of morpholine rings is 1. The zero-order valence-electron chi connectivity index (χ0n) is 16.5. The van der Waals surface area contributed by atoms with Crippen molar-refractivity contribution in [3.8, 4) is 0 Å². The number of likely N-dealkylation sites (tertiary alicyclic amines) is 1. The fourth-order valence-corrected chi connectivity index (χ4v) is 4.26. The number of rotatable bonds is 7. The number of benzene rings is 1. The van der Waals surface area contributed by atoms with Gasteiger partial charge in [-0.05, 0) is 30.2 Å². The first-order valence-corrected chi connectivity index (χ1v) is 10.6. The van der Waals surface area contributed by atoms with E-state index >= 15 is 0 Å². The molecule has 0 unspecified atom stereocenters. The quantitative estimate of drug-likeness (QED) is 0.717. The lowest BCUT2D eigenvalue weighted by atomic mass is 10.1. The number of ether oxygens (including phenoxy) is 1. The Kier molecular flexibility index (Phi) is 6.37. The topological polar surface area (TPSA) is 77.7 Å². The molecule has 2 aliphatic heterocycles. The Balaban J connectivity index is 1.25. The zero-order valence-corrected chi connectivity index (χ0v) is 17.2. The van der Waals surface area contributed by atoms with Crippen LogP contribution in [-0.4, -0.2) is 79.1 Å². The highest BCUT2D eigenvalue weighted by Gasteiger charge is 2.33. The van der Waals surface area contributed by atoms with Gasteiger partial charge in [0.25, 0.3) is 0 Å². The van der Waals surface area contributed by atoms with E-state index in [2.05, 4.69) is 15.2 Å². The number of halogens is 1. The first-order chi connectivity index (χ1) is 14.1. The molecule has 29 heavy (non-hydrogen) atoms. The number of hydrogen-bond donors (Lipinski definition) is 2. The van der Waals surface area contributed by atoms with Gasteiger partial charge in [-0.1, -0.05) is 11.6 Å². The molecular formula is C21H27ClN4O3. The normalized spacial score (nSPS) is 20.5. The summed E-state index contributed by atoms with van der Waals surface area (Å²) in [4.78, 5) is 32.2. The molecule has 1 atom stereocenters. The third kappa shape index (κ3) is 4.91. The van der Waals surface area contributed by atoms with Crippen LogP contribution in [0.3, 0.4) is 0 Å². The summed E-state index contributed by atoms with van der Waals surface area (Å²) >= 11 is 6.11. The molecule has 1 aromatic carbocycles. The van der Waals surface area contributed by atoms with E-state index in [1.165, 1.54) is 0 Å². The Hall–Kier alpha value is -2.09. The van der Waals surface area contributed by atoms with Crippen LogP contribution in [0.15, 0.2) is 24.4 Å². The molecule has 4 rings (SSSR count). The van der Waals surface area contributed by atoms with Crippen molar-refractivity contribution < 1.29 is 14.3 Å². The summed E-state index contributed by atoms with van der Waals surface area (Å²) in [6.07, 6.45) is 3.00. The molecule has 0 aliphatic carbocycles. The fourth-order valence-electron chi connectivity index (χ4n) is 4.08. The molecule has 0 spiro atoms. The molecule has 7 nitrogen and oxygen atoms in total. The van der Waals surface area contributed by atoms with Crippen molar-refractivity contribution in [1.82, 2.24) is 20.1 Å². The third-order valence-electron chi connectivity index (χ3n) is 5.80. The van der Waals surface area contributed by atoms with Gasteiger partial charge in [-0.2, -0.15) is 0 Å². The number of nitrogens with one attached hydrogen (secondary N) is 2. The van der Waals surface area contributed by atoms with E-state index in [-0.39, 0.29) is 17.7 Å². The summed E-state index contributed by atoms with van der Waals surface area (Å²) in [5, 5.41) is 4.78. The minimum Gasteiger partial charge on any atom is -0.379 e. The number of aromatic nitrogens is 1. The summed E-state index contributed by atoms with van der Waals surface area (Å²) in [5.41, 5.74) is 2.17. The average Bonchev–Trinajstić information content (AvgIpc) is 3.30. The van der Waals surface area contributed by atoms with Crippen molar-refractivity contribution in [2.24, 2.45) is 5.92 Å². The first kappa shape index (κ1) is 20.2. The maximum atomic E-state index is 12.5. The zero-order chi connectivity index (χ0) is 20.2. The predicted molar refractivity (Wildman–Crippen MR) is 112 cm³/mol. The molecular weight excluding hydrogens is 392 g/mol. The Morgan fingerprint density at radius 1 is 1.28 bits per heavy atom. The van der Waals surface area contributed by atoms with Gasteiger partial charge < -0.3 is 19.9 Å². The lowest BCUT2D eigenvalue weighted by molar-refractivity contribution is -0.129. The van der Waals surface area contributed by atoms with E-state index in [1.807, 2.05) is 24.4 Å². The minimum absolute atomic E-state index is 0.0204. The van der Waals surface area contributed by atoms with E-state index < -0.39 is 0 Å². The van der Waals surface area contributed by atoms with Crippen molar-refractivity contribution in [2.75, 3.05) is 52.5 Å². The summed E-state index contributed by atoms with van der Waals surface area (Å²) in [7, 11) is 0.